The van der Waals surface area contributed by atoms with Crippen LogP contribution in [0, 0.1) is 17.6 Å². The monoisotopic (exact) mass is 331 g/mol. The minimum Gasteiger partial charge on any atom is -0.467 e. The van der Waals surface area contributed by atoms with Crippen LogP contribution >= 0.6 is 11.8 Å². The molecule has 0 heterocycles. The van der Waals surface area contributed by atoms with E-state index < -0.39 is 23.6 Å². The summed E-state index contributed by atoms with van der Waals surface area (Å²) >= 11 is 1.06. The lowest BCUT2D eigenvalue weighted by molar-refractivity contribution is -0.145. The summed E-state index contributed by atoms with van der Waals surface area (Å²) in [5.41, 5.74) is 0. The van der Waals surface area contributed by atoms with Crippen molar-refractivity contribution >= 4 is 23.6 Å². The van der Waals surface area contributed by atoms with Crippen LogP contribution in [0.25, 0.3) is 0 Å². The first-order chi connectivity index (χ1) is 10.3. The normalized spacial score (nSPS) is 12.1. The SMILES string of the molecule is COC(=O)[C@@H](CC(C)C)NC(=O)CSc1ccc(F)c(F)c1. The van der Waals surface area contributed by atoms with E-state index in [2.05, 4.69) is 10.1 Å². The van der Waals surface area contributed by atoms with E-state index in [-0.39, 0.29) is 17.6 Å². The number of benzene rings is 1. The van der Waals surface area contributed by atoms with Gasteiger partial charge in [0, 0.05) is 4.90 Å². The van der Waals surface area contributed by atoms with E-state index in [9.17, 15) is 18.4 Å². The molecule has 0 radical (unpaired) electrons. The molecule has 4 nitrogen and oxygen atoms in total. The number of methoxy groups -OCH3 is 1. The zero-order valence-electron chi connectivity index (χ0n) is 12.7. The van der Waals surface area contributed by atoms with Crippen molar-refractivity contribution < 1.29 is 23.1 Å². The minimum atomic E-state index is -0.961. The third kappa shape index (κ3) is 6.01. The number of nitrogens with one attached hydrogen (secondary N) is 1. The highest BCUT2D eigenvalue weighted by molar-refractivity contribution is 8.00. The average Bonchev–Trinajstić information content (AvgIpc) is 2.46. The molecule has 0 fully saturated rings. The molecular formula is C15H19F2NO3S. The van der Waals surface area contributed by atoms with Gasteiger partial charge in [-0.1, -0.05) is 13.8 Å². The van der Waals surface area contributed by atoms with Crippen LogP contribution in [-0.4, -0.2) is 30.8 Å². The van der Waals surface area contributed by atoms with Crippen molar-refractivity contribution in [3.8, 4) is 0 Å². The standard InChI is InChI=1S/C15H19F2NO3S/c1-9(2)6-13(15(20)21-3)18-14(19)8-22-10-4-5-11(16)12(17)7-10/h4-5,7,9,13H,6,8H2,1-3H3,(H,18,19)/t13-/m1/s1. The van der Waals surface area contributed by atoms with Gasteiger partial charge in [-0.15, -0.1) is 11.8 Å². The van der Waals surface area contributed by atoms with Crippen molar-refractivity contribution in [1.82, 2.24) is 5.32 Å². The van der Waals surface area contributed by atoms with Gasteiger partial charge in [0.05, 0.1) is 12.9 Å². The topological polar surface area (TPSA) is 55.4 Å². The van der Waals surface area contributed by atoms with Crippen molar-refractivity contribution in [2.24, 2.45) is 5.92 Å². The number of ether oxygens (including phenoxy) is 1. The summed E-state index contributed by atoms with van der Waals surface area (Å²) < 4.78 is 30.5. The minimum absolute atomic E-state index is 0.00331. The molecule has 7 heteroatoms. The summed E-state index contributed by atoms with van der Waals surface area (Å²) in [6.07, 6.45) is 0.467. The molecule has 0 aliphatic carbocycles. The lowest BCUT2D eigenvalue weighted by atomic mass is 10.0. The molecule has 0 bridgehead atoms. The molecular weight excluding hydrogens is 312 g/mol. The van der Waals surface area contributed by atoms with Gasteiger partial charge in [-0.05, 0) is 30.5 Å². The van der Waals surface area contributed by atoms with Crippen molar-refractivity contribution in [2.75, 3.05) is 12.9 Å². The van der Waals surface area contributed by atoms with Crippen LogP contribution in [0.5, 0.6) is 0 Å². The quantitative estimate of drug-likeness (QED) is 0.617. The van der Waals surface area contributed by atoms with E-state index in [4.69, 9.17) is 0 Å². The predicted molar refractivity (Wildman–Crippen MR) is 80.5 cm³/mol. The predicted octanol–water partition coefficient (Wildman–Crippen LogP) is 2.76. The summed E-state index contributed by atoms with van der Waals surface area (Å²) in [7, 11) is 1.26. The third-order valence-corrected chi connectivity index (χ3v) is 3.78. The Hall–Kier alpha value is -1.63. The summed E-state index contributed by atoms with van der Waals surface area (Å²) in [5.74, 6) is -2.56. The third-order valence-electron chi connectivity index (χ3n) is 2.79. The Morgan fingerprint density at radius 2 is 1.95 bits per heavy atom. The number of amides is 1. The highest BCUT2D eigenvalue weighted by Gasteiger charge is 2.22. The Kier molecular flexibility index (Phi) is 7.31. The Labute approximate surface area is 132 Å². The maximum absolute atomic E-state index is 13.1. The van der Waals surface area contributed by atoms with E-state index in [0.29, 0.717) is 11.3 Å². The molecule has 122 valence electrons. The Morgan fingerprint density at radius 1 is 1.27 bits per heavy atom. The molecule has 1 N–H and O–H groups in total. The van der Waals surface area contributed by atoms with E-state index in [1.165, 1.54) is 13.2 Å². The second-order valence-electron chi connectivity index (χ2n) is 5.14. The van der Waals surface area contributed by atoms with Crippen LogP contribution < -0.4 is 5.32 Å². The molecule has 0 saturated carbocycles. The van der Waals surface area contributed by atoms with Gasteiger partial charge in [-0.2, -0.15) is 0 Å². The lowest BCUT2D eigenvalue weighted by Gasteiger charge is -2.18. The first-order valence-corrected chi connectivity index (χ1v) is 7.77. The largest absolute Gasteiger partial charge is 0.467 e. The Bertz CT molecular complexity index is 538. The average molecular weight is 331 g/mol. The highest BCUT2D eigenvalue weighted by Crippen LogP contribution is 2.20. The number of halogens is 2. The molecule has 22 heavy (non-hydrogen) atoms. The molecule has 1 rings (SSSR count). The van der Waals surface area contributed by atoms with Gasteiger partial charge in [0.2, 0.25) is 5.91 Å². The Morgan fingerprint density at radius 3 is 2.50 bits per heavy atom. The fraction of sp³-hybridized carbons (Fsp3) is 0.467. The lowest BCUT2D eigenvalue weighted by Crippen LogP contribution is -2.43. The molecule has 0 saturated heterocycles. The van der Waals surface area contributed by atoms with E-state index >= 15 is 0 Å². The van der Waals surface area contributed by atoms with Crippen molar-refractivity contribution in [3.63, 3.8) is 0 Å². The summed E-state index contributed by atoms with van der Waals surface area (Å²) in [5, 5.41) is 2.59. The smallest absolute Gasteiger partial charge is 0.328 e. The molecule has 1 amide bonds. The molecule has 1 atom stereocenters. The van der Waals surface area contributed by atoms with Gasteiger partial charge in [0.25, 0.3) is 0 Å². The van der Waals surface area contributed by atoms with E-state index in [0.717, 1.165) is 23.9 Å². The van der Waals surface area contributed by atoms with Crippen LogP contribution in [0.4, 0.5) is 8.78 Å². The first-order valence-electron chi connectivity index (χ1n) is 6.78. The molecule has 0 spiro atoms. The van der Waals surface area contributed by atoms with Gasteiger partial charge < -0.3 is 10.1 Å². The van der Waals surface area contributed by atoms with Gasteiger partial charge in [-0.25, -0.2) is 13.6 Å². The highest BCUT2D eigenvalue weighted by atomic mass is 32.2. The van der Waals surface area contributed by atoms with Gasteiger partial charge in [0.15, 0.2) is 11.6 Å². The molecule has 0 unspecified atom stereocenters. The summed E-state index contributed by atoms with van der Waals surface area (Å²) in [6.45, 7) is 3.86. The fourth-order valence-corrected chi connectivity index (χ4v) is 2.51. The number of carbonyl (C=O) groups is 2. The maximum atomic E-state index is 13.1. The van der Waals surface area contributed by atoms with Crippen LogP contribution in [0.2, 0.25) is 0 Å². The molecule has 0 aliphatic heterocycles. The van der Waals surface area contributed by atoms with Crippen molar-refractivity contribution in [1.29, 1.82) is 0 Å². The number of thioether (sulfide) groups is 1. The Balaban J connectivity index is 2.56. The molecule has 0 aromatic heterocycles. The number of carbonyl (C=O) groups excluding carboxylic acids is 2. The zero-order chi connectivity index (χ0) is 16.7. The van der Waals surface area contributed by atoms with Gasteiger partial charge in [-0.3, -0.25) is 4.79 Å². The number of rotatable bonds is 7. The van der Waals surface area contributed by atoms with Crippen LogP contribution in [0.1, 0.15) is 20.3 Å². The number of hydrogen-bond acceptors (Lipinski definition) is 4. The summed E-state index contributed by atoms with van der Waals surface area (Å²) in [4.78, 5) is 23.9. The summed E-state index contributed by atoms with van der Waals surface area (Å²) in [6, 6.07) is 2.72. The van der Waals surface area contributed by atoms with Gasteiger partial charge >= 0.3 is 5.97 Å². The molecule has 1 aromatic carbocycles. The van der Waals surface area contributed by atoms with Gasteiger partial charge in [0.1, 0.15) is 6.04 Å². The molecule has 0 aliphatic rings. The van der Waals surface area contributed by atoms with E-state index in [1.807, 2.05) is 13.8 Å². The number of esters is 1. The zero-order valence-corrected chi connectivity index (χ0v) is 13.5. The van der Waals surface area contributed by atoms with E-state index in [1.54, 1.807) is 0 Å². The second-order valence-corrected chi connectivity index (χ2v) is 6.19. The maximum Gasteiger partial charge on any atom is 0.328 e. The molecule has 1 aromatic rings. The first kappa shape index (κ1) is 18.4. The number of hydrogen-bond donors (Lipinski definition) is 1. The van der Waals surface area contributed by atoms with Crippen molar-refractivity contribution in [2.45, 2.75) is 31.2 Å². The fourth-order valence-electron chi connectivity index (χ4n) is 1.78. The van der Waals surface area contributed by atoms with Crippen LogP contribution in [-0.2, 0) is 14.3 Å². The van der Waals surface area contributed by atoms with Crippen molar-refractivity contribution in [3.05, 3.63) is 29.8 Å². The van der Waals surface area contributed by atoms with Crippen LogP contribution in [0.15, 0.2) is 23.1 Å². The second kappa shape index (κ2) is 8.73. The van der Waals surface area contributed by atoms with Crippen LogP contribution in [0.3, 0.4) is 0 Å².